The Labute approximate surface area is 326 Å². The summed E-state index contributed by atoms with van der Waals surface area (Å²) in [4.78, 5) is 24.7. The first-order chi connectivity index (χ1) is 25.8. The highest BCUT2D eigenvalue weighted by molar-refractivity contribution is 6.21. The van der Waals surface area contributed by atoms with Crippen molar-refractivity contribution in [1.82, 2.24) is 0 Å². The molecule has 5 atom stereocenters. The van der Waals surface area contributed by atoms with Crippen molar-refractivity contribution in [3.05, 3.63) is 54.1 Å². The first kappa shape index (κ1) is 45.0. The molecule has 0 bridgehead atoms. The second-order valence-corrected chi connectivity index (χ2v) is 16.1. The average molecular weight is 760 g/mol. The molecule has 8 heteroatoms. The third-order valence-corrected chi connectivity index (χ3v) is 12.1. The summed E-state index contributed by atoms with van der Waals surface area (Å²) in [6, 6.07) is 7.03. The van der Waals surface area contributed by atoms with Crippen LogP contribution < -0.4 is 4.74 Å². The van der Waals surface area contributed by atoms with Gasteiger partial charge in [0.05, 0.1) is 24.4 Å². The second-order valence-electron chi connectivity index (χ2n) is 15.5. The Balaban J connectivity index is 1.20. The zero-order valence-electron chi connectivity index (χ0n) is 33.0. The number of carbonyl (C=O) groups is 2. The van der Waals surface area contributed by atoms with E-state index in [2.05, 4.69) is 32.1 Å². The van der Waals surface area contributed by atoms with Crippen LogP contribution >= 0.6 is 11.6 Å². The molecular formula is C45H71ClO7. The van der Waals surface area contributed by atoms with E-state index >= 15 is 0 Å². The molecule has 1 aromatic carbocycles. The van der Waals surface area contributed by atoms with Crippen LogP contribution in [0.2, 0.25) is 0 Å². The lowest BCUT2D eigenvalue weighted by Crippen LogP contribution is -2.40. The lowest BCUT2D eigenvalue weighted by atomic mass is 9.63. The van der Waals surface area contributed by atoms with E-state index in [9.17, 15) is 19.8 Å². The highest BCUT2D eigenvalue weighted by Gasteiger charge is 2.42. The van der Waals surface area contributed by atoms with Gasteiger partial charge in [0.1, 0.15) is 19.0 Å². The molecule has 0 amide bonds. The number of benzene rings is 1. The fourth-order valence-electron chi connectivity index (χ4n) is 7.86. The van der Waals surface area contributed by atoms with Gasteiger partial charge < -0.3 is 24.4 Å². The fraction of sp³-hybridized carbons (Fsp3) is 0.733. The van der Waals surface area contributed by atoms with E-state index in [1.807, 2.05) is 12.1 Å². The quantitative estimate of drug-likeness (QED) is 0.0363. The topological polar surface area (TPSA) is 102 Å². The van der Waals surface area contributed by atoms with E-state index in [4.69, 9.17) is 25.8 Å². The van der Waals surface area contributed by atoms with Gasteiger partial charge in [0.25, 0.3) is 0 Å². The predicted octanol–water partition coefficient (Wildman–Crippen LogP) is 11.1. The lowest BCUT2D eigenvalue weighted by Gasteiger charge is -2.45. The summed E-state index contributed by atoms with van der Waals surface area (Å²) < 4.78 is 16.5. The Hall–Kier alpha value is -2.35. The standard InChI is InChI=1S/C45H71ClO7/c1-3-5-6-7-8-9-10-11-12-13-16-19-31-51-37-24-20-23-36(34-37)44(50)53-33-32-52-43(49)28-18-15-14-17-25-38-39(41(47)35-40(38)46)26-21-27-42(48)45(4-2)29-22-30-45/h14,17,20-21,23-24,26,34,38-42,47-48H,3-13,15-16,18-19,22,25,27-33,35H2,1-2H3/b17-14-,26-21+/t38-,39?,40-,41-,42-/m1/s1. The van der Waals surface area contributed by atoms with Crippen LogP contribution in [0.1, 0.15) is 165 Å². The normalized spacial score (nSPS) is 21.5. The van der Waals surface area contributed by atoms with Gasteiger partial charge in [-0.05, 0) is 87.3 Å². The van der Waals surface area contributed by atoms with Crippen LogP contribution in [0.4, 0.5) is 0 Å². The number of hydrogen-bond acceptors (Lipinski definition) is 7. The number of aliphatic hydroxyl groups is 2. The summed E-state index contributed by atoms with van der Waals surface area (Å²) in [5, 5.41) is 21.3. The minimum Gasteiger partial charge on any atom is -0.494 e. The van der Waals surface area contributed by atoms with Crippen molar-refractivity contribution in [3.63, 3.8) is 0 Å². The molecule has 0 saturated heterocycles. The molecule has 2 aliphatic rings. The number of aliphatic hydroxyl groups excluding tert-OH is 2. The number of unbranched alkanes of at least 4 members (excludes halogenated alkanes) is 12. The van der Waals surface area contributed by atoms with E-state index in [0.29, 0.717) is 37.2 Å². The summed E-state index contributed by atoms with van der Waals surface area (Å²) in [5.41, 5.74) is 0.488. The first-order valence-corrected chi connectivity index (χ1v) is 21.6. The second kappa shape index (κ2) is 26.5. The molecule has 2 fully saturated rings. The summed E-state index contributed by atoms with van der Waals surface area (Å²) in [7, 11) is 0. The van der Waals surface area contributed by atoms with Crippen molar-refractivity contribution in [2.75, 3.05) is 19.8 Å². The zero-order valence-corrected chi connectivity index (χ0v) is 33.8. The molecule has 3 rings (SSSR count). The molecule has 0 aromatic heterocycles. The molecule has 2 aliphatic carbocycles. The zero-order chi connectivity index (χ0) is 38.2. The highest BCUT2D eigenvalue weighted by atomic mass is 35.5. The summed E-state index contributed by atoms with van der Waals surface area (Å²) >= 11 is 6.62. The molecule has 53 heavy (non-hydrogen) atoms. The number of hydrogen-bond donors (Lipinski definition) is 2. The van der Waals surface area contributed by atoms with Crippen molar-refractivity contribution in [1.29, 1.82) is 0 Å². The minimum absolute atomic E-state index is 0.00466. The van der Waals surface area contributed by atoms with Crippen LogP contribution in [-0.4, -0.2) is 59.6 Å². The molecule has 7 nitrogen and oxygen atoms in total. The highest BCUT2D eigenvalue weighted by Crippen LogP contribution is 2.48. The average Bonchev–Trinajstić information content (AvgIpc) is 3.40. The number of carbonyl (C=O) groups excluding carboxylic acids is 2. The first-order valence-electron chi connectivity index (χ1n) is 21.2. The van der Waals surface area contributed by atoms with Crippen LogP contribution in [0.25, 0.3) is 0 Å². The SMILES string of the molecule is CCCCCCCCCCCCCCOc1cccc(C(=O)OCCOC(=O)CCC/C=C\C[C@@H]2C(/C=C/C[C@@H](O)C3(CC)CCC3)[C@H](O)C[C@H]2Cl)c1. The van der Waals surface area contributed by atoms with Crippen molar-refractivity contribution in [3.8, 4) is 5.75 Å². The van der Waals surface area contributed by atoms with E-state index in [1.165, 1.54) is 70.6 Å². The van der Waals surface area contributed by atoms with Crippen LogP contribution in [-0.2, 0) is 14.3 Å². The van der Waals surface area contributed by atoms with Gasteiger partial charge in [-0.15, -0.1) is 11.6 Å². The Kier molecular flexibility index (Phi) is 22.5. The van der Waals surface area contributed by atoms with Crippen molar-refractivity contribution in [2.24, 2.45) is 17.3 Å². The van der Waals surface area contributed by atoms with Gasteiger partial charge in [-0.3, -0.25) is 4.79 Å². The van der Waals surface area contributed by atoms with Gasteiger partial charge in [-0.25, -0.2) is 4.79 Å². The number of halogens is 1. The molecule has 0 heterocycles. The molecule has 0 spiro atoms. The molecule has 300 valence electrons. The molecule has 0 radical (unpaired) electrons. The van der Waals surface area contributed by atoms with Crippen LogP contribution in [0.5, 0.6) is 5.75 Å². The summed E-state index contributed by atoms with van der Waals surface area (Å²) in [6.07, 6.45) is 31.0. The van der Waals surface area contributed by atoms with Crippen LogP contribution in [0, 0.1) is 17.3 Å². The number of allylic oxidation sites excluding steroid dienone is 2. The van der Waals surface area contributed by atoms with Crippen LogP contribution in [0.15, 0.2) is 48.6 Å². The van der Waals surface area contributed by atoms with E-state index in [1.54, 1.807) is 18.2 Å². The van der Waals surface area contributed by atoms with Gasteiger partial charge in [0.2, 0.25) is 0 Å². The van der Waals surface area contributed by atoms with Gasteiger partial charge in [-0.1, -0.05) is 121 Å². The Morgan fingerprint density at radius 1 is 0.887 bits per heavy atom. The van der Waals surface area contributed by atoms with Crippen LogP contribution in [0.3, 0.4) is 0 Å². The largest absolute Gasteiger partial charge is 0.494 e. The minimum atomic E-state index is -0.472. The molecule has 2 N–H and O–H groups in total. The van der Waals surface area contributed by atoms with E-state index < -0.39 is 12.1 Å². The molecule has 1 unspecified atom stereocenters. The Morgan fingerprint density at radius 2 is 1.57 bits per heavy atom. The van der Waals surface area contributed by atoms with Crippen molar-refractivity contribution in [2.45, 2.75) is 173 Å². The maximum Gasteiger partial charge on any atom is 0.338 e. The molecular weight excluding hydrogens is 688 g/mol. The summed E-state index contributed by atoms with van der Waals surface area (Å²) in [6.45, 7) is 5.06. The smallest absolute Gasteiger partial charge is 0.338 e. The number of ether oxygens (including phenoxy) is 3. The molecule has 0 aliphatic heterocycles. The number of rotatable bonds is 29. The maximum absolute atomic E-state index is 12.5. The Morgan fingerprint density at radius 3 is 2.23 bits per heavy atom. The van der Waals surface area contributed by atoms with Gasteiger partial charge in [-0.2, -0.15) is 0 Å². The third kappa shape index (κ3) is 16.9. The van der Waals surface area contributed by atoms with Crippen molar-refractivity contribution < 1.29 is 34.0 Å². The van der Waals surface area contributed by atoms with Gasteiger partial charge in [0.15, 0.2) is 0 Å². The van der Waals surface area contributed by atoms with Crippen molar-refractivity contribution >= 4 is 23.5 Å². The number of esters is 2. The van der Waals surface area contributed by atoms with E-state index in [0.717, 1.165) is 44.9 Å². The number of alkyl halides is 1. The molecule has 1 aromatic rings. The predicted molar refractivity (Wildman–Crippen MR) is 215 cm³/mol. The third-order valence-electron chi connectivity index (χ3n) is 11.6. The van der Waals surface area contributed by atoms with E-state index in [-0.39, 0.29) is 54.3 Å². The summed E-state index contributed by atoms with van der Waals surface area (Å²) in [5.74, 6) is -0.0232. The Bertz CT molecular complexity index is 1210. The maximum atomic E-state index is 12.5. The molecule has 2 saturated carbocycles. The monoisotopic (exact) mass is 758 g/mol. The lowest BCUT2D eigenvalue weighted by molar-refractivity contribution is -0.144. The van der Waals surface area contributed by atoms with Gasteiger partial charge >= 0.3 is 11.9 Å². The fourth-order valence-corrected chi connectivity index (χ4v) is 8.31. The van der Waals surface area contributed by atoms with Gasteiger partial charge in [0, 0.05) is 17.7 Å².